The SMILES string of the molecule is Cc1cc(/N=c2\[nH]c(=O)n(C[C@H](C)C(=O)O)c(=O)n2Cc2ccc(Cl)cc2)ccc1OC(C)C. The smallest absolute Gasteiger partial charge is 0.335 e. The quantitative estimate of drug-likeness (QED) is 0.507. The van der Waals surface area contributed by atoms with Gasteiger partial charge in [0, 0.05) is 11.6 Å². The summed E-state index contributed by atoms with van der Waals surface area (Å²) in [6.07, 6.45) is 0.0140. The lowest BCUT2D eigenvalue weighted by molar-refractivity contribution is -0.141. The second-order valence-corrected chi connectivity index (χ2v) is 8.76. The largest absolute Gasteiger partial charge is 0.491 e. The predicted molar refractivity (Wildman–Crippen MR) is 129 cm³/mol. The number of carbonyl (C=O) groups is 1. The Labute approximate surface area is 200 Å². The summed E-state index contributed by atoms with van der Waals surface area (Å²) in [6, 6.07) is 12.2. The summed E-state index contributed by atoms with van der Waals surface area (Å²) in [7, 11) is 0. The van der Waals surface area contributed by atoms with E-state index in [1.165, 1.54) is 11.5 Å². The van der Waals surface area contributed by atoms with Crippen LogP contribution in [0.4, 0.5) is 5.69 Å². The highest BCUT2D eigenvalue weighted by molar-refractivity contribution is 6.30. The number of hydrogen-bond donors (Lipinski definition) is 2. The molecule has 1 atom stereocenters. The number of hydrogen-bond acceptors (Lipinski definition) is 5. The van der Waals surface area contributed by atoms with Crippen molar-refractivity contribution in [1.82, 2.24) is 14.1 Å². The predicted octanol–water partition coefficient (Wildman–Crippen LogP) is 3.09. The van der Waals surface area contributed by atoms with Gasteiger partial charge >= 0.3 is 17.3 Å². The summed E-state index contributed by atoms with van der Waals surface area (Å²) in [5.41, 5.74) is 0.767. The van der Waals surface area contributed by atoms with Gasteiger partial charge in [-0.2, -0.15) is 0 Å². The van der Waals surface area contributed by atoms with Crippen LogP contribution in [0, 0.1) is 12.8 Å². The Bertz CT molecular complexity index is 1370. The summed E-state index contributed by atoms with van der Waals surface area (Å²) in [5, 5.41) is 9.78. The van der Waals surface area contributed by atoms with Crippen molar-refractivity contribution in [2.75, 3.05) is 0 Å². The first kappa shape index (κ1) is 25.0. The summed E-state index contributed by atoms with van der Waals surface area (Å²) >= 11 is 5.97. The number of carboxylic acids is 1. The number of carboxylic acid groups (broad SMARTS) is 1. The van der Waals surface area contributed by atoms with E-state index in [1.807, 2.05) is 20.8 Å². The molecule has 0 amide bonds. The Kier molecular flexibility index (Phi) is 7.78. The molecular weight excluding hydrogens is 460 g/mol. The fraction of sp³-hybridized carbons (Fsp3) is 0.333. The van der Waals surface area contributed by atoms with Gasteiger partial charge in [-0.1, -0.05) is 30.7 Å². The molecule has 0 radical (unpaired) electrons. The van der Waals surface area contributed by atoms with Gasteiger partial charge in [0.15, 0.2) is 0 Å². The van der Waals surface area contributed by atoms with Crippen LogP contribution in [0.1, 0.15) is 31.9 Å². The molecule has 0 saturated heterocycles. The van der Waals surface area contributed by atoms with Crippen molar-refractivity contribution < 1.29 is 14.6 Å². The van der Waals surface area contributed by atoms with E-state index in [0.717, 1.165) is 21.4 Å². The lowest BCUT2D eigenvalue weighted by atomic mass is 10.2. The number of aromatic amines is 1. The second kappa shape index (κ2) is 10.6. The Hall–Kier alpha value is -3.59. The molecule has 0 unspecified atom stereocenters. The molecule has 10 heteroatoms. The number of aliphatic carboxylic acids is 1. The maximum Gasteiger partial charge on any atom is 0.335 e. The number of aryl methyl sites for hydroxylation is 1. The van der Waals surface area contributed by atoms with Crippen molar-refractivity contribution in [3.63, 3.8) is 0 Å². The lowest BCUT2D eigenvalue weighted by Crippen LogP contribution is -2.51. The van der Waals surface area contributed by atoms with E-state index < -0.39 is 23.3 Å². The number of halogens is 1. The molecule has 1 heterocycles. The summed E-state index contributed by atoms with van der Waals surface area (Å²) in [6.45, 7) is 7.00. The van der Waals surface area contributed by atoms with E-state index in [-0.39, 0.29) is 24.8 Å². The highest BCUT2D eigenvalue weighted by atomic mass is 35.5. The van der Waals surface area contributed by atoms with Crippen LogP contribution in [0.5, 0.6) is 5.75 Å². The molecule has 0 aliphatic carbocycles. The van der Waals surface area contributed by atoms with Gasteiger partial charge in [0.05, 0.1) is 24.3 Å². The van der Waals surface area contributed by atoms with Crippen molar-refractivity contribution >= 4 is 23.3 Å². The number of aromatic nitrogens is 3. The van der Waals surface area contributed by atoms with Crippen molar-refractivity contribution in [2.45, 2.75) is 46.9 Å². The Morgan fingerprint density at radius 3 is 2.38 bits per heavy atom. The molecule has 9 nitrogen and oxygen atoms in total. The molecule has 3 rings (SSSR count). The molecule has 3 aromatic rings. The minimum Gasteiger partial charge on any atom is -0.491 e. The van der Waals surface area contributed by atoms with Gasteiger partial charge in [-0.25, -0.2) is 19.1 Å². The maximum atomic E-state index is 13.3. The van der Waals surface area contributed by atoms with Crippen molar-refractivity contribution in [3.05, 3.63) is 85.2 Å². The highest BCUT2D eigenvalue weighted by Crippen LogP contribution is 2.24. The lowest BCUT2D eigenvalue weighted by Gasteiger charge is -2.14. The zero-order valence-electron chi connectivity index (χ0n) is 19.4. The zero-order valence-corrected chi connectivity index (χ0v) is 20.2. The number of benzene rings is 2. The molecule has 2 aromatic carbocycles. The molecule has 0 saturated carbocycles. The highest BCUT2D eigenvalue weighted by Gasteiger charge is 2.17. The molecule has 0 aliphatic heterocycles. The standard InChI is InChI=1S/C24H27ClN4O5/c1-14(2)34-20-10-9-19(11-15(20)3)26-22-27-23(32)29(12-16(4)21(30)31)24(33)28(22)13-17-5-7-18(25)8-6-17/h5-11,14,16H,12-13H2,1-4H3,(H,30,31)(H,26,27,32)/t16-/m0/s1. The van der Waals surface area contributed by atoms with Crippen LogP contribution < -0.4 is 21.7 Å². The third-order valence-electron chi connectivity index (χ3n) is 5.07. The first-order chi connectivity index (χ1) is 16.0. The maximum absolute atomic E-state index is 13.3. The van der Waals surface area contributed by atoms with Crippen LogP contribution in [0.2, 0.25) is 5.02 Å². The summed E-state index contributed by atoms with van der Waals surface area (Å²) in [4.78, 5) is 44.4. The number of rotatable bonds is 8. The van der Waals surface area contributed by atoms with Crippen LogP contribution in [0.25, 0.3) is 0 Å². The minimum absolute atomic E-state index is 0.0140. The average molecular weight is 487 g/mol. The van der Waals surface area contributed by atoms with Crippen molar-refractivity contribution in [1.29, 1.82) is 0 Å². The van der Waals surface area contributed by atoms with E-state index in [0.29, 0.717) is 10.7 Å². The van der Waals surface area contributed by atoms with Crippen LogP contribution in [-0.4, -0.2) is 31.3 Å². The topological polar surface area (TPSA) is 119 Å². The first-order valence-electron chi connectivity index (χ1n) is 10.8. The monoisotopic (exact) mass is 486 g/mol. The Morgan fingerprint density at radius 2 is 1.79 bits per heavy atom. The molecule has 0 fully saturated rings. The second-order valence-electron chi connectivity index (χ2n) is 8.33. The van der Waals surface area contributed by atoms with Crippen LogP contribution in [0.3, 0.4) is 0 Å². The van der Waals surface area contributed by atoms with Gasteiger partial charge in [-0.3, -0.25) is 14.3 Å². The van der Waals surface area contributed by atoms with Gasteiger partial charge < -0.3 is 9.84 Å². The van der Waals surface area contributed by atoms with Crippen LogP contribution >= 0.6 is 11.6 Å². The third-order valence-corrected chi connectivity index (χ3v) is 5.32. The molecule has 1 aromatic heterocycles. The number of ether oxygens (including phenoxy) is 1. The normalized spacial score (nSPS) is 12.7. The molecule has 180 valence electrons. The molecule has 2 N–H and O–H groups in total. The van der Waals surface area contributed by atoms with Gasteiger partial charge in [0.2, 0.25) is 5.62 Å². The Morgan fingerprint density at radius 1 is 1.12 bits per heavy atom. The van der Waals surface area contributed by atoms with E-state index >= 15 is 0 Å². The molecule has 34 heavy (non-hydrogen) atoms. The van der Waals surface area contributed by atoms with Crippen molar-refractivity contribution in [2.24, 2.45) is 10.9 Å². The molecular formula is C24H27ClN4O5. The van der Waals surface area contributed by atoms with Gasteiger partial charge in [0.25, 0.3) is 0 Å². The first-order valence-corrected chi connectivity index (χ1v) is 11.2. The van der Waals surface area contributed by atoms with E-state index in [9.17, 15) is 19.5 Å². The van der Waals surface area contributed by atoms with E-state index in [2.05, 4.69) is 9.98 Å². The van der Waals surface area contributed by atoms with Crippen LogP contribution in [0.15, 0.2) is 57.0 Å². The fourth-order valence-corrected chi connectivity index (χ4v) is 3.41. The van der Waals surface area contributed by atoms with Gasteiger partial charge in [-0.05, 0) is 62.2 Å². The Balaban J connectivity index is 2.16. The number of nitrogens with zero attached hydrogens (tertiary/aromatic N) is 3. The van der Waals surface area contributed by atoms with Gasteiger partial charge in [-0.15, -0.1) is 0 Å². The van der Waals surface area contributed by atoms with Crippen molar-refractivity contribution in [3.8, 4) is 5.75 Å². The van der Waals surface area contributed by atoms with Gasteiger partial charge in [0.1, 0.15) is 5.75 Å². The molecule has 0 spiro atoms. The van der Waals surface area contributed by atoms with E-state index in [4.69, 9.17) is 16.3 Å². The van der Waals surface area contributed by atoms with Crippen LogP contribution in [-0.2, 0) is 17.9 Å². The summed E-state index contributed by atoms with van der Waals surface area (Å²) in [5.74, 6) is -1.32. The third kappa shape index (κ3) is 6.05. The number of nitrogens with one attached hydrogen (secondary N) is 1. The minimum atomic E-state index is -1.11. The molecule has 0 bridgehead atoms. The summed E-state index contributed by atoms with van der Waals surface area (Å²) < 4.78 is 7.93. The zero-order chi connectivity index (χ0) is 25.0. The fourth-order valence-electron chi connectivity index (χ4n) is 3.28. The number of H-pyrrole nitrogens is 1. The molecule has 0 aliphatic rings. The average Bonchev–Trinajstić information content (AvgIpc) is 2.76. The van der Waals surface area contributed by atoms with E-state index in [1.54, 1.807) is 42.5 Å².